The molecule has 1 aromatic rings. The molecule has 1 fully saturated rings. The molecule has 1 saturated carbocycles. The smallest absolute Gasteiger partial charge is 0.190 e. The van der Waals surface area contributed by atoms with Gasteiger partial charge in [0.15, 0.2) is 23.0 Å². The maximum absolute atomic E-state index is 13.1. The number of carbonyl (C=O) groups is 3. The maximum atomic E-state index is 13.1. The zero-order chi connectivity index (χ0) is 19.0. The Morgan fingerprint density at radius 3 is 2.50 bits per heavy atom. The number of fused-ring (bicyclic) bond motifs is 4. The quantitative estimate of drug-likeness (QED) is 0.519. The first kappa shape index (κ1) is 17.1. The van der Waals surface area contributed by atoms with Gasteiger partial charge in [-0.1, -0.05) is 17.7 Å². The molecule has 0 aromatic heterocycles. The van der Waals surface area contributed by atoms with Gasteiger partial charge in [0, 0.05) is 18.4 Å². The molecular formula is C19H18O7. The second-order valence-corrected chi connectivity index (χ2v) is 7.53. The van der Waals surface area contributed by atoms with Gasteiger partial charge < -0.3 is 20.4 Å². The van der Waals surface area contributed by atoms with Gasteiger partial charge in [-0.2, -0.15) is 0 Å². The van der Waals surface area contributed by atoms with Gasteiger partial charge in [-0.3, -0.25) is 14.4 Å². The van der Waals surface area contributed by atoms with Gasteiger partial charge in [-0.15, -0.1) is 0 Å². The lowest BCUT2D eigenvalue weighted by atomic mass is 9.51. The van der Waals surface area contributed by atoms with Gasteiger partial charge in [0.05, 0.1) is 23.5 Å². The summed E-state index contributed by atoms with van der Waals surface area (Å²) < 4.78 is 0. The van der Waals surface area contributed by atoms with E-state index < -0.39 is 58.7 Å². The van der Waals surface area contributed by atoms with Crippen LogP contribution in [0.1, 0.15) is 40.5 Å². The first-order chi connectivity index (χ1) is 12.1. The van der Waals surface area contributed by atoms with E-state index >= 15 is 0 Å². The number of carbonyl (C=O) groups excluding carboxylic acids is 3. The number of benzene rings is 1. The topological polar surface area (TPSA) is 132 Å². The third kappa shape index (κ3) is 1.85. The van der Waals surface area contributed by atoms with Crippen LogP contribution in [-0.2, 0) is 4.79 Å². The second-order valence-electron chi connectivity index (χ2n) is 7.53. The van der Waals surface area contributed by atoms with Crippen LogP contribution in [0.4, 0.5) is 0 Å². The summed E-state index contributed by atoms with van der Waals surface area (Å²) in [6.45, 7) is 1.61. The van der Waals surface area contributed by atoms with Crippen LogP contribution >= 0.6 is 0 Å². The summed E-state index contributed by atoms with van der Waals surface area (Å²) in [4.78, 5) is 38.7. The lowest BCUT2D eigenvalue weighted by Crippen LogP contribution is -2.74. The Bertz CT molecular complexity index is 901. The Kier molecular flexibility index (Phi) is 3.35. The van der Waals surface area contributed by atoms with E-state index in [0.29, 0.717) is 5.57 Å². The molecule has 3 aliphatic rings. The van der Waals surface area contributed by atoms with Crippen molar-refractivity contribution in [2.45, 2.75) is 37.1 Å². The molecule has 3 aliphatic carbocycles. The fourth-order valence-corrected chi connectivity index (χ4v) is 4.85. The van der Waals surface area contributed by atoms with Crippen LogP contribution in [0.5, 0.6) is 5.75 Å². The number of ketones is 3. The molecule has 2 unspecified atom stereocenters. The summed E-state index contributed by atoms with van der Waals surface area (Å²) in [5.41, 5.74) is -4.39. The molecule has 136 valence electrons. The SMILES string of the molecule is CC1=CC(=O)[C@]2(O)C3C(=O)c4cccc(O)c4C(=O)C3[C@@H](O)C[C@]2(O)C1. The van der Waals surface area contributed by atoms with E-state index in [1.54, 1.807) is 6.92 Å². The molecule has 0 radical (unpaired) electrons. The number of hydrogen-bond acceptors (Lipinski definition) is 7. The van der Waals surface area contributed by atoms with Crippen molar-refractivity contribution in [2.24, 2.45) is 11.8 Å². The van der Waals surface area contributed by atoms with Crippen LogP contribution in [-0.4, -0.2) is 55.1 Å². The van der Waals surface area contributed by atoms with Gasteiger partial charge in [0.2, 0.25) is 0 Å². The fraction of sp³-hybridized carbons (Fsp3) is 0.421. The highest BCUT2D eigenvalue weighted by molar-refractivity contribution is 6.20. The zero-order valence-electron chi connectivity index (χ0n) is 14.0. The molecule has 4 N–H and O–H groups in total. The van der Waals surface area contributed by atoms with E-state index in [2.05, 4.69) is 0 Å². The van der Waals surface area contributed by atoms with Crippen LogP contribution in [0, 0.1) is 11.8 Å². The molecule has 0 bridgehead atoms. The van der Waals surface area contributed by atoms with E-state index in [-0.39, 0.29) is 17.5 Å². The third-order valence-electron chi connectivity index (χ3n) is 5.94. The summed E-state index contributed by atoms with van der Waals surface area (Å²) in [5, 5.41) is 42.8. The van der Waals surface area contributed by atoms with E-state index in [1.165, 1.54) is 24.3 Å². The lowest BCUT2D eigenvalue weighted by Gasteiger charge is -2.56. The van der Waals surface area contributed by atoms with E-state index in [0.717, 1.165) is 0 Å². The third-order valence-corrected chi connectivity index (χ3v) is 5.94. The number of rotatable bonds is 0. The van der Waals surface area contributed by atoms with Crippen LogP contribution in [0.2, 0.25) is 0 Å². The Morgan fingerprint density at radius 1 is 1.12 bits per heavy atom. The first-order valence-corrected chi connectivity index (χ1v) is 8.36. The molecule has 7 nitrogen and oxygen atoms in total. The molecule has 1 aromatic carbocycles. The van der Waals surface area contributed by atoms with Crippen LogP contribution in [0.25, 0.3) is 0 Å². The van der Waals surface area contributed by atoms with E-state index in [1.807, 2.05) is 0 Å². The molecule has 0 heterocycles. The van der Waals surface area contributed by atoms with Crippen LogP contribution < -0.4 is 0 Å². The number of aromatic hydroxyl groups is 1. The average Bonchev–Trinajstić information content (AvgIpc) is 2.54. The Labute approximate surface area is 148 Å². The van der Waals surface area contributed by atoms with Crippen LogP contribution in [0.3, 0.4) is 0 Å². The Morgan fingerprint density at radius 2 is 1.81 bits per heavy atom. The molecule has 7 heteroatoms. The molecule has 4 rings (SSSR count). The summed E-state index contributed by atoms with van der Waals surface area (Å²) >= 11 is 0. The van der Waals surface area contributed by atoms with Crippen LogP contribution in [0.15, 0.2) is 29.8 Å². The largest absolute Gasteiger partial charge is 0.507 e. The highest BCUT2D eigenvalue weighted by Crippen LogP contribution is 2.54. The molecule has 26 heavy (non-hydrogen) atoms. The molecule has 0 spiro atoms. The van der Waals surface area contributed by atoms with Crippen molar-refractivity contribution in [2.75, 3.05) is 0 Å². The number of hydrogen-bond donors (Lipinski definition) is 4. The standard InChI is InChI=1S/C19H18O7/c1-8-5-12(22)19(26)15-14(11(21)7-18(19,25)6-8)17(24)13-9(16(15)23)3-2-4-10(13)20/h2-5,11,14-15,20-21,25-26H,6-7H2,1H3/t11-,14?,15?,18+,19-/m0/s1. The molecule has 0 aliphatic heterocycles. The van der Waals surface area contributed by atoms with Crippen molar-refractivity contribution >= 4 is 17.3 Å². The average molecular weight is 358 g/mol. The van der Waals surface area contributed by atoms with Crippen molar-refractivity contribution in [3.05, 3.63) is 41.0 Å². The second kappa shape index (κ2) is 5.09. The summed E-state index contributed by atoms with van der Waals surface area (Å²) in [5.74, 6) is -5.74. The molecule has 0 saturated heterocycles. The lowest BCUT2D eigenvalue weighted by molar-refractivity contribution is -0.219. The van der Waals surface area contributed by atoms with Crippen molar-refractivity contribution in [3.8, 4) is 5.75 Å². The molecular weight excluding hydrogens is 340 g/mol. The maximum Gasteiger partial charge on any atom is 0.190 e. The summed E-state index contributed by atoms with van der Waals surface area (Å²) in [6.07, 6.45) is -0.792. The van der Waals surface area contributed by atoms with Gasteiger partial charge in [-0.25, -0.2) is 0 Å². The minimum atomic E-state index is -2.51. The van der Waals surface area contributed by atoms with Crippen molar-refractivity contribution in [1.82, 2.24) is 0 Å². The van der Waals surface area contributed by atoms with Gasteiger partial charge in [-0.05, 0) is 19.1 Å². The summed E-state index contributed by atoms with van der Waals surface area (Å²) in [6, 6.07) is 3.95. The minimum Gasteiger partial charge on any atom is -0.507 e. The predicted octanol–water partition coefficient (Wildman–Crippen LogP) is 0.150. The Hall–Kier alpha value is -2.35. The van der Waals surface area contributed by atoms with Gasteiger partial charge in [0.25, 0.3) is 0 Å². The van der Waals surface area contributed by atoms with Crippen molar-refractivity contribution in [1.29, 1.82) is 0 Å². The first-order valence-electron chi connectivity index (χ1n) is 8.36. The molecule has 0 amide bonds. The zero-order valence-corrected chi connectivity index (χ0v) is 14.0. The Balaban J connectivity index is 1.99. The number of Topliss-reactive ketones (excluding diaryl/α,β-unsaturated/α-hetero) is 2. The highest BCUT2D eigenvalue weighted by atomic mass is 16.4. The molecule has 5 atom stereocenters. The van der Waals surface area contributed by atoms with Crippen molar-refractivity contribution in [3.63, 3.8) is 0 Å². The highest BCUT2D eigenvalue weighted by Gasteiger charge is 2.70. The number of aliphatic hydroxyl groups excluding tert-OH is 1. The normalized spacial score (nSPS) is 39.0. The number of phenols is 1. The monoisotopic (exact) mass is 358 g/mol. The van der Waals surface area contributed by atoms with Gasteiger partial charge in [0.1, 0.15) is 11.4 Å². The fourth-order valence-electron chi connectivity index (χ4n) is 4.85. The minimum absolute atomic E-state index is 0.0934. The summed E-state index contributed by atoms with van der Waals surface area (Å²) in [7, 11) is 0. The van der Waals surface area contributed by atoms with E-state index in [9.17, 15) is 34.8 Å². The predicted molar refractivity (Wildman–Crippen MR) is 87.7 cm³/mol. The van der Waals surface area contributed by atoms with E-state index in [4.69, 9.17) is 0 Å². The number of phenolic OH excluding ortho intramolecular Hbond substituents is 1. The van der Waals surface area contributed by atoms with Crippen molar-refractivity contribution < 1.29 is 34.8 Å². The number of aliphatic hydroxyl groups is 3. The van der Waals surface area contributed by atoms with Gasteiger partial charge >= 0.3 is 0 Å².